The van der Waals surface area contributed by atoms with Crippen LogP contribution in [0.2, 0.25) is 0 Å². The van der Waals surface area contributed by atoms with Crippen LogP contribution in [0.3, 0.4) is 0 Å². The SMILES string of the molecule is CCOc1cc(N2CCCCC2c2cn[nH]c2)ccc1[N+](=O)[O-]. The number of ether oxygens (including phenoxy) is 1. The summed E-state index contributed by atoms with van der Waals surface area (Å²) >= 11 is 0. The van der Waals surface area contributed by atoms with E-state index in [-0.39, 0.29) is 11.7 Å². The van der Waals surface area contributed by atoms with Gasteiger partial charge in [-0.3, -0.25) is 15.2 Å². The molecule has 122 valence electrons. The van der Waals surface area contributed by atoms with Crippen LogP contribution in [-0.4, -0.2) is 28.3 Å². The predicted molar refractivity (Wildman–Crippen MR) is 86.8 cm³/mol. The number of nitro groups is 1. The number of nitrogens with one attached hydrogen (secondary N) is 1. The second kappa shape index (κ2) is 6.68. The number of H-pyrrole nitrogens is 1. The van der Waals surface area contributed by atoms with Crippen LogP contribution in [0.1, 0.15) is 37.8 Å². The molecule has 1 unspecified atom stereocenters. The summed E-state index contributed by atoms with van der Waals surface area (Å²) in [6.07, 6.45) is 7.07. The normalized spacial score (nSPS) is 18.0. The van der Waals surface area contributed by atoms with Crippen molar-refractivity contribution in [1.82, 2.24) is 10.2 Å². The lowest BCUT2D eigenvalue weighted by Gasteiger charge is -2.37. The average Bonchev–Trinajstić information content (AvgIpc) is 3.09. The number of hydrogen-bond donors (Lipinski definition) is 1. The van der Waals surface area contributed by atoms with Crippen molar-refractivity contribution in [1.29, 1.82) is 0 Å². The molecule has 2 aromatic rings. The van der Waals surface area contributed by atoms with Crippen molar-refractivity contribution in [2.75, 3.05) is 18.1 Å². The standard InChI is InChI=1S/C16H20N4O3/c1-2-23-16-9-13(6-7-15(16)20(21)22)19-8-4-3-5-14(19)12-10-17-18-11-12/h6-7,9-11,14H,2-5,8H2,1H3,(H,17,18). The van der Waals surface area contributed by atoms with Gasteiger partial charge in [-0.15, -0.1) is 0 Å². The van der Waals surface area contributed by atoms with Crippen molar-refractivity contribution in [3.63, 3.8) is 0 Å². The van der Waals surface area contributed by atoms with E-state index in [0.29, 0.717) is 12.4 Å². The maximum absolute atomic E-state index is 11.1. The van der Waals surface area contributed by atoms with Crippen molar-refractivity contribution in [3.05, 3.63) is 46.3 Å². The first-order valence-corrected chi connectivity index (χ1v) is 7.87. The second-order valence-corrected chi connectivity index (χ2v) is 5.58. The molecule has 7 nitrogen and oxygen atoms in total. The van der Waals surface area contributed by atoms with Crippen molar-refractivity contribution in [2.45, 2.75) is 32.2 Å². The number of anilines is 1. The largest absolute Gasteiger partial charge is 0.487 e. The minimum Gasteiger partial charge on any atom is -0.487 e. The summed E-state index contributed by atoms with van der Waals surface area (Å²) in [5.74, 6) is 0.325. The molecule has 1 aromatic carbocycles. The Bertz CT molecular complexity index is 672. The highest BCUT2D eigenvalue weighted by Gasteiger charge is 2.26. The topological polar surface area (TPSA) is 84.3 Å². The summed E-state index contributed by atoms with van der Waals surface area (Å²) in [4.78, 5) is 13.0. The van der Waals surface area contributed by atoms with E-state index in [1.165, 1.54) is 6.07 Å². The molecule has 0 aliphatic carbocycles. The molecule has 1 saturated heterocycles. The zero-order valence-corrected chi connectivity index (χ0v) is 13.1. The van der Waals surface area contributed by atoms with E-state index in [0.717, 1.165) is 37.1 Å². The van der Waals surface area contributed by atoms with E-state index in [2.05, 4.69) is 15.1 Å². The summed E-state index contributed by atoms with van der Waals surface area (Å²) < 4.78 is 5.47. The summed E-state index contributed by atoms with van der Waals surface area (Å²) in [5.41, 5.74) is 2.10. The molecule has 23 heavy (non-hydrogen) atoms. The zero-order chi connectivity index (χ0) is 16.2. The fourth-order valence-electron chi connectivity index (χ4n) is 3.13. The van der Waals surface area contributed by atoms with Crippen LogP contribution in [-0.2, 0) is 0 Å². The van der Waals surface area contributed by atoms with Gasteiger partial charge in [0.05, 0.1) is 23.8 Å². The lowest BCUT2D eigenvalue weighted by atomic mass is 9.96. The van der Waals surface area contributed by atoms with E-state index in [4.69, 9.17) is 4.74 Å². The van der Waals surface area contributed by atoms with E-state index >= 15 is 0 Å². The first-order chi connectivity index (χ1) is 11.2. The lowest BCUT2D eigenvalue weighted by Crippen LogP contribution is -2.33. The van der Waals surface area contributed by atoms with Gasteiger partial charge in [-0.05, 0) is 32.3 Å². The van der Waals surface area contributed by atoms with Gasteiger partial charge >= 0.3 is 5.69 Å². The Kier molecular flexibility index (Phi) is 4.45. The van der Waals surface area contributed by atoms with Crippen LogP contribution in [0.25, 0.3) is 0 Å². The highest BCUT2D eigenvalue weighted by Crippen LogP contribution is 2.38. The number of aromatic amines is 1. The number of nitro benzene ring substituents is 1. The molecule has 1 aromatic heterocycles. The van der Waals surface area contributed by atoms with Gasteiger partial charge < -0.3 is 9.64 Å². The second-order valence-electron chi connectivity index (χ2n) is 5.58. The van der Waals surface area contributed by atoms with Gasteiger partial charge in [0, 0.05) is 36.1 Å². The van der Waals surface area contributed by atoms with Crippen LogP contribution >= 0.6 is 0 Å². The van der Waals surface area contributed by atoms with Crippen LogP contribution in [0.4, 0.5) is 11.4 Å². The Morgan fingerprint density at radius 2 is 2.35 bits per heavy atom. The summed E-state index contributed by atoms with van der Waals surface area (Å²) in [7, 11) is 0. The molecule has 3 rings (SSSR count). The molecule has 0 bridgehead atoms. The molecule has 0 radical (unpaired) electrons. The van der Waals surface area contributed by atoms with Gasteiger partial charge in [-0.25, -0.2) is 0 Å². The first-order valence-electron chi connectivity index (χ1n) is 7.87. The molecule has 7 heteroatoms. The maximum atomic E-state index is 11.1. The number of nitrogens with zero attached hydrogens (tertiary/aromatic N) is 3. The maximum Gasteiger partial charge on any atom is 0.311 e. The van der Waals surface area contributed by atoms with Crippen molar-refractivity contribution in [2.24, 2.45) is 0 Å². The quantitative estimate of drug-likeness (QED) is 0.674. The molecular weight excluding hydrogens is 296 g/mol. The molecular formula is C16H20N4O3. The van der Waals surface area contributed by atoms with Crippen molar-refractivity contribution >= 4 is 11.4 Å². The molecule has 1 atom stereocenters. The Morgan fingerprint density at radius 1 is 1.48 bits per heavy atom. The summed E-state index contributed by atoms with van der Waals surface area (Å²) in [5, 5.41) is 18.0. The van der Waals surface area contributed by atoms with Crippen LogP contribution in [0.5, 0.6) is 5.75 Å². The predicted octanol–water partition coefficient (Wildman–Crippen LogP) is 3.45. The van der Waals surface area contributed by atoms with Crippen molar-refractivity contribution in [3.8, 4) is 5.75 Å². The van der Waals surface area contributed by atoms with E-state index < -0.39 is 4.92 Å². The monoisotopic (exact) mass is 316 g/mol. The smallest absolute Gasteiger partial charge is 0.311 e. The molecule has 0 spiro atoms. The van der Waals surface area contributed by atoms with E-state index in [1.54, 1.807) is 12.1 Å². The van der Waals surface area contributed by atoms with Crippen molar-refractivity contribution < 1.29 is 9.66 Å². The fourth-order valence-corrected chi connectivity index (χ4v) is 3.13. The highest BCUT2D eigenvalue weighted by atomic mass is 16.6. The fraction of sp³-hybridized carbons (Fsp3) is 0.438. The molecule has 0 amide bonds. The number of aromatic nitrogens is 2. The average molecular weight is 316 g/mol. The third-order valence-electron chi connectivity index (χ3n) is 4.18. The Balaban J connectivity index is 1.95. The summed E-state index contributed by atoms with van der Waals surface area (Å²) in [6, 6.07) is 5.35. The Hall–Kier alpha value is -2.57. The van der Waals surface area contributed by atoms with Gasteiger partial charge in [-0.2, -0.15) is 5.10 Å². The third kappa shape index (κ3) is 3.13. The van der Waals surface area contributed by atoms with E-state index in [9.17, 15) is 10.1 Å². The molecule has 1 N–H and O–H groups in total. The minimum atomic E-state index is -0.404. The number of benzene rings is 1. The first kappa shape index (κ1) is 15.3. The van der Waals surface area contributed by atoms with Crippen LogP contribution in [0.15, 0.2) is 30.6 Å². The summed E-state index contributed by atoms with van der Waals surface area (Å²) in [6.45, 7) is 3.14. The van der Waals surface area contributed by atoms with Crippen LogP contribution < -0.4 is 9.64 Å². The van der Waals surface area contributed by atoms with Crippen LogP contribution in [0, 0.1) is 10.1 Å². The molecule has 2 heterocycles. The van der Waals surface area contributed by atoms with Gasteiger partial charge in [-0.1, -0.05) is 0 Å². The van der Waals surface area contributed by atoms with Gasteiger partial charge in [0.1, 0.15) is 0 Å². The highest BCUT2D eigenvalue weighted by molar-refractivity contribution is 5.60. The Labute approximate surface area is 134 Å². The number of hydrogen-bond acceptors (Lipinski definition) is 5. The number of rotatable bonds is 5. The third-order valence-corrected chi connectivity index (χ3v) is 4.18. The Morgan fingerprint density at radius 3 is 3.04 bits per heavy atom. The van der Waals surface area contributed by atoms with E-state index in [1.807, 2.05) is 19.3 Å². The molecule has 1 fully saturated rings. The van der Waals surface area contributed by atoms with Gasteiger partial charge in [0.2, 0.25) is 0 Å². The minimum absolute atomic E-state index is 0.00692. The molecule has 1 aliphatic rings. The van der Waals surface area contributed by atoms with Gasteiger partial charge in [0.15, 0.2) is 5.75 Å². The zero-order valence-electron chi connectivity index (χ0n) is 13.1. The molecule has 1 aliphatic heterocycles. The number of piperidine rings is 1. The van der Waals surface area contributed by atoms with Gasteiger partial charge in [0.25, 0.3) is 0 Å². The molecule has 0 saturated carbocycles. The lowest BCUT2D eigenvalue weighted by molar-refractivity contribution is -0.385.